The van der Waals surface area contributed by atoms with Crippen LogP contribution < -0.4 is 9.47 Å². The first-order chi connectivity index (χ1) is 15.9. The Balaban J connectivity index is 0.000000165. The number of fused-ring (bicyclic) bond motifs is 2. The summed E-state index contributed by atoms with van der Waals surface area (Å²) in [6.07, 6.45) is 1.55. The lowest BCUT2D eigenvalue weighted by Crippen LogP contribution is -1.98. The highest BCUT2D eigenvalue weighted by molar-refractivity contribution is 6.35. The molecule has 2 aromatic carbocycles. The molecule has 0 fully saturated rings. The highest BCUT2D eigenvalue weighted by Gasteiger charge is 2.13. The molecule has 168 valence electrons. The molecule has 0 atom stereocenters. The Morgan fingerprint density at radius 3 is 1.97 bits per heavy atom. The third kappa shape index (κ3) is 4.45. The first-order valence-electron chi connectivity index (χ1n) is 10.3. The van der Waals surface area contributed by atoms with Gasteiger partial charge in [0.05, 0.1) is 19.2 Å². The average molecular weight is 462 g/mol. The van der Waals surface area contributed by atoms with Crippen LogP contribution in [0.4, 0.5) is 0 Å². The van der Waals surface area contributed by atoms with Gasteiger partial charge < -0.3 is 9.47 Å². The molecular weight excluding hydrogens is 438 g/mol. The van der Waals surface area contributed by atoms with Gasteiger partial charge in [0.1, 0.15) is 28.9 Å². The van der Waals surface area contributed by atoms with Crippen molar-refractivity contribution in [3.63, 3.8) is 0 Å². The second-order valence-electron chi connectivity index (χ2n) is 7.48. The maximum absolute atomic E-state index is 6.10. The maximum Gasteiger partial charge on any atom is 0.158 e. The van der Waals surface area contributed by atoms with Gasteiger partial charge in [0.25, 0.3) is 0 Å². The summed E-state index contributed by atoms with van der Waals surface area (Å²) in [5, 5.41) is 6.78. The zero-order valence-electron chi connectivity index (χ0n) is 19.1. The third-order valence-corrected chi connectivity index (χ3v) is 5.52. The molecular formula is C25H24ClN5O2. The molecule has 0 N–H and O–H groups in total. The summed E-state index contributed by atoms with van der Waals surface area (Å²) < 4.78 is 12.4. The van der Waals surface area contributed by atoms with Crippen LogP contribution >= 0.6 is 11.6 Å². The zero-order chi connectivity index (χ0) is 23.5. The van der Waals surface area contributed by atoms with E-state index < -0.39 is 0 Å². The summed E-state index contributed by atoms with van der Waals surface area (Å²) in [6, 6.07) is 15.5. The fourth-order valence-corrected chi connectivity index (χ4v) is 4.02. The molecule has 0 aliphatic heterocycles. The van der Waals surface area contributed by atoms with E-state index in [-0.39, 0.29) is 0 Å². The largest absolute Gasteiger partial charge is 0.494 e. The number of rotatable bonds is 3. The van der Waals surface area contributed by atoms with Crippen LogP contribution in [0.1, 0.15) is 11.4 Å². The van der Waals surface area contributed by atoms with Crippen LogP contribution in [0, 0.1) is 13.8 Å². The quantitative estimate of drug-likeness (QED) is 0.350. The maximum atomic E-state index is 6.10. The Morgan fingerprint density at radius 2 is 1.39 bits per heavy atom. The van der Waals surface area contributed by atoms with Gasteiger partial charge in [-0.25, -0.2) is 19.6 Å². The minimum atomic E-state index is 0.714. The van der Waals surface area contributed by atoms with Crippen molar-refractivity contribution in [2.24, 2.45) is 7.05 Å². The monoisotopic (exact) mass is 461 g/mol. The molecule has 5 rings (SSSR count). The Morgan fingerprint density at radius 1 is 0.818 bits per heavy atom. The van der Waals surface area contributed by atoms with E-state index >= 15 is 0 Å². The molecule has 3 aromatic heterocycles. The topological polar surface area (TPSA) is 75.0 Å². The van der Waals surface area contributed by atoms with Crippen molar-refractivity contribution in [1.82, 2.24) is 24.7 Å². The van der Waals surface area contributed by atoms with Crippen LogP contribution in [0.2, 0.25) is 5.02 Å². The lowest BCUT2D eigenvalue weighted by atomic mass is 10.1. The van der Waals surface area contributed by atoms with Gasteiger partial charge in [-0.05, 0) is 38.1 Å². The highest BCUT2D eigenvalue weighted by atomic mass is 35.5. The van der Waals surface area contributed by atoms with Crippen LogP contribution in [0.15, 0.2) is 54.9 Å². The average Bonchev–Trinajstić information content (AvgIpc) is 3.23. The molecule has 0 aliphatic rings. The predicted molar refractivity (Wildman–Crippen MR) is 131 cm³/mol. The number of aryl methyl sites for hydroxylation is 3. The van der Waals surface area contributed by atoms with Crippen LogP contribution in [0.3, 0.4) is 0 Å². The van der Waals surface area contributed by atoms with E-state index in [0.29, 0.717) is 5.02 Å². The normalized spacial score (nSPS) is 10.7. The molecule has 0 bridgehead atoms. The van der Waals surface area contributed by atoms with Crippen molar-refractivity contribution in [2.45, 2.75) is 13.8 Å². The molecule has 0 aliphatic carbocycles. The van der Waals surface area contributed by atoms with E-state index in [1.807, 2.05) is 69.4 Å². The van der Waals surface area contributed by atoms with Gasteiger partial charge in [-0.3, -0.25) is 0 Å². The van der Waals surface area contributed by atoms with Gasteiger partial charge in [0, 0.05) is 34.8 Å². The second-order valence-corrected chi connectivity index (χ2v) is 7.88. The van der Waals surface area contributed by atoms with E-state index in [1.54, 1.807) is 25.2 Å². The van der Waals surface area contributed by atoms with Crippen LogP contribution in [-0.4, -0.2) is 39.0 Å². The number of benzene rings is 2. The third-order valence-electron chi connectivity index (χ3n) is 5.20. The number of para-hydroxylation sites is 2. The van der Waals surface area contributed by atoms with Gasteiger partial charge in [-0.2, -0.15) is 5.10 Å². The van der Waals surface area contributed by atoms with E-state index in [2.05, 4.69) is 20.1 Å². The van der Waals surface area contributed by atoms with Gasteiger partial charge in [0.15, 0.2) is 5.82 Å². The Labute approximate surface area is 197 Å². The highest BCUT2D eigenvalue weighted by Crippen LogP contribution is 2.32. The van der Waals surface area contributed by atoms with Gasteiger partial charge in [-0.1, -0.05) is 35.9 Å². The van der Waals surface area contributed by atoms with E-state index in [1.165, 1.54) is 0 Å². The van der Waals surface area contributed by atoms with Gasteiger partial charge in [-0.15, -0.1) is 0 Å². The summed E-state index contributed by atoms with van der Waals surface area (Å²) in [5.41, 5.74) is 4.51. The number of aromatic nitrogens is 5. The fourth-order valence-electron chi connectivity index (χ4n) is 3.70. The van der Waals surface area contributed by atoms with Crippen LogP contribution in [-0.2, 0) is 7.05 Å². The predicted octanol–water partition coefficient (Wildman–Crippen LogP) is 5.55. The first kappa shape index (κ1) is 22.5. The number of ether oxygens (including phenoxy) is 2. The van der Waals surface area contributed by atoms with Crippen molar-refractivity contribution in [3.05, 3.63) is 71.3 Å². The van der Waals surface area contributed by atoms with Crippen molar-refractivity contribution >= 4 is 33.4 Å². The Bertz CT molecular complexity index is 1450. The van der Waals surface area contributed by atoms with Crippen molar-refractivity contribution < 1.29 is 9.47 Å². The smallest absolute Gasteiger partial charge is 0.158 e. The van der Waals surface area contributed by atoms with Crippen LogP contribution in [0.5, 0.6) is 11.5 Å². The summed E-state index contributed by atoms with van der Waals surface area (Å²) in [5.74, 6) is 2.35. The SMILES string of the molecule is COc1cccc2c(-c3ncnn3C)cc(C)nc12.COc1cccc2c(Cl)cc(C)nc12. The summed E-state index contributed by atoms with van der Waals surface area (Å²) in [7, 11) is 5.16. The number of hydrogen-bond donors (Lipinski definition) is 0. The van der Waals surface area contributed by atoms with Gasteiger partial charge >= 0.3 is 0 Å². The number of methoxy groups -OCH3 is 2. The molecule has 0 saturated heterocycles. The minimum absolute atomic E-state index is 0.714. The number of halogens is 1. The lowest BCUT2D eigenvalue weighted by molar-refractivity contribution is 0.418. The Hall–Kier alpha value is -3.71. The minimum Gasteiger partial charge on any atom is -0.494 e. The molecule has 0 radical (unpaired) electrons. The van der Waals surface area contributed by atoms with E-state index in [4.69, 9.17) is 21.1 Å². The number of pyridine rings is 2. The van der Waals surface area contributed by atoms with Crippen molar-refractivity contribution in [1.29, 1.82) is 0 Å². The molecule has 0 saturated carbocycles. The molecule has 8 heteroatoms. The summed E-state index contributed by atoms with van der Waals surface area (Å²) in [6.45, 7) is 3.88. The van der Waals surface area contributed by atoms with Crippen LogP contribution in [0.25, 0.3) is 33.2 Å². The van der Waals surface area contributed by atoms with Crippen molar-refractivity contribution in [3.8, 4) is 22.9 Å². The van der Waals surface area contributed by atoms with E-state index in [9.17, 15) is 0 Å². The van der Waals surface area contributed by atoms with Gasteiger partial charge in [0.2, 0.25) is 0 Å². The molecule has 0 spiro atoms. The molecule has 33 heavy (non-hydrogen) atoms. The summed E-state index contributed by atoms with van der Waals surface area (Å²) in [4.78, 5) is 13.3. The van der Waals surface area contributed by atoms with Crippen molar-refractivity contribution in [2.75, 3.05) is 14.2 Å². The fraction of sp³-hybridized carbons (Fsp3) is 0.200. The molecule has 3 heterocycles. The van der Waals surface area contributed by atoms with E-state index in [0.717, 1.165) is 56.1 Å². The molecule has 0 amide bonds. The lowest BCUT2D eigenvalue weighted by Gasteiger charge is -2.10. The Kier molecular flexibility index (Phi) is 6.42. The molecule has 0 unspecified atom stereocenters. The first-order valence-corrected chi connectivity index (χ1v) is 10.7. The zero-order valence-corrected chi connectivity index (χ0v) is 19.9. The number of nitrogens with zero attached hydrogens (tertiary/aromatic N) is 5. The molecule has 7 nitrogen and oxygen atoms in total. The summed E-state index contributed by atoms with van der Waals surface area (Å²) >= 11 is 6.10. The second kappa shape index (κ2) is 9.42. The molecule has 5 aromatic rings. The standard InChI is InChI=1S/C14H14N4O.C11H10ClNO/c1-9-7-11(14-15-8-16-18(14)2)10-5-4-6-12(19-3)13(10)17-9;1-7-6-9(12)8-4-3-5-10(14-2)11(8)13-7/h4-8H,1-3H3;3-6H,1-2H3. The number of hydrogen-bond acceptors (Lipinski definition) is 6.